The highest BCUT2D eigenvalue weighted by Crippen LogP contribution is 2.15. The van der Waals surface area contributed by atoms with Crippen LogP contribution in [0.2, 0.25) is 0 Å². The lowest BCUT2D eigenvalue weighted by molar-refractivity contribution is 0.563. The van der Waals surface area contributed by atoms with Crippen molar-refractivity contribution < 1.29 is 0 Å². The summed E-state index contributed by atoms with van der Waals surface area (Å²) < 4.78 is 2.08. The van der Waals surface area contributed by atoms with Gasteiger partial charge in [0, 0.05) is 25.0 Å². The Morgan fingerprint density at radius 1 is 1.46 bits per heavy atom. The molecule has 0 aliphatic carbocycles. The molecule has 1 aromatic heterocycles. The first-order chi connectivity index (χ1) is 6.25. The lowest BCUT2D eigenvalue weighted by atomic mass is 10.1. The molecule has 0 saturated heterocycles. The van der Waals surface area contributed by atoms with E-state index in [4.69, 9.17) is 11.5 Å². The van der Waals surface area contributed by atoms with Gasteiger partial charge in [-0.3, -0.25) is 0 Å². The fourth-order valence-electron chi connectivity index (χ4n) is 1.52. The highest BCUT2D eigenvalue weighted by molar-refractivity contribution is 5.10. The molecule has 0 aliphatic rings. The lowest BCUT2D eigenvalue weighted by Gasteiger charge is -2.12. The summed E-state index contributed by atoms with van der Waals surface area (Å²) in [6.45, 7) is 0.764. The van der Waals surface area contributed by atoms with E-state index in [-0.39, 0.29) is 6.04 Å². The van der Waals surface area contributed by atoms with Crippen molar-refractivity contribution >= 4 is 0 Å². The standard InChI is InChI=1S/C10H19N3/c1-13-8-4-6-10(13)9(12)5-2-3-7-11/h4,6,8-9H,2-3,5,7,11-12H2,1H3/t9-/m0/s1. The summed E-state index contributed by atoms with van der Waals surface area (Å²) in [4.78, 5) is 0. The van der Waals surface area contributed by atoms with Gasteiger partial charge in [-0.05, 0) is 31.5 Å². The van der Waals surface area contributed by atoms with Gasteiger partial charge in [0.25, 0.3) is 0 Å². The summed E-state index contributed by atoms with van der Waals surface area (Å²) in [5.41, 5.74) is 12.6. The molecule has 0 saturated carbocycles. The van der Waals surface area contributed by atoms with Gasteiger partial charge in [0.15, 0.2) is 0 Å². The molecule has 1 rings (SSSR count). The van der Waals surface area contributed by atoms with Crippen LogP contribution in [0.5, 0.6) is 0 Å². The van der Waals surface area contributed by atoms with Crippen molar-refractivity contribution in [1.82, 2.24) is 4.57 Å². The zero-order chi connectivity index (χ0) is 9.68. The van der Waals surface area contributed by atoms with Crippen molar-refractivity contribution in [2.75, 3.05) is 6.54 Å². The number of hydrogen-bond acceptors (Lipinski definition) is 2. The van der Waals surface area contributed by atoms with Crippen LogP contribution in [0.1, 0.15) is 31.0 Å². The molecule has 0 unspecified atom stereocenters. The number of nitrogens with zero attached hydrogens (tertiary/aromatic N) is 1. The maximum Gasteiger partial charge on any atom is 0.0449 e. The molecule has 3 nitrogen and oxygen atoms in total. The van der Waals surface area contributed by atoms with E-state index in [1.54, 1.807) is 0 Å². The Hall–Kier alpha value is -0.800. The smallest absolute Gasteiger partial charge is 0.0449 e. The molecule has 1 heterocycles. The van der Waals surface area contributed by atoms with Crippen molar-refractivity contribution in [3.8, 4) is 0 Å². The maximum atomic E-state index is 6.02. The minimum atomic E-state index is 0.159. The van der Waals surface area contributed by atoms with Gasteiger partial charge in [-0.2, -0.15) is 0 Å². The van der Waals surface area contributed by atoms with Crippen LogP contribution in [0, 0.1) is 0 Å². The zero-order valence-corrected chi connectivity index (χ0v) is 8.24. The van der Waals surface area contributed by atoms with E-state index in [1.165, 1.54) is 5.69 Å². The van der Waals surface area contributed by atoms with E-state index >= 15 is 0 Å². The summed E-state index contributed by atoms with van der Waals surface area (Å²) in [6.07, 6.45) is 5.23. The van der Waals surface area contributed by atoms with Gasteiger partial charge in [0.1, 0.15) is 0 Å². The van der Waals surface area contributed by atoms with Crippen LogP contribution in [0.4, 0.5) is 0 Å². The van der Waals surface area contributed by atoms with Crippen LogP contribution in [0.25, 0.3) is 0 Å². The molecule has 4 N–H and O–H groups in total. The minimum Gasteiger partial charge on any atom is -0.353 e. The Labute approximate surface area is 79.7 Å². The molecule has 74 valence electrons. The number of aromatic nitrogens is 1. The third kappa shape index (κ3) is 2.86. The number of rotatable bonds is 5. The Kier molecular flexibility index (Phi) is 3.99. The summed E-state index contributed by atoms with van der Waals surface area (Å²) in [5, 5.41) is 0. The number of aryl methyl sites for hydroxylation is 1. The molecule has 13 heavy (non-hydrogen) atoms. The Bertz CT molecular complexity index is 242. The molecule has 0 amide bonds. The SMILES string of the molecule is Cn1cccc1[C@@H](N)CCCCN. The molecule has 1 atom stereocenters. The van der Waals surface area contributed by atoms with Crippen LogP contribution in [-0.4, -0.2) is 11.1 Å². The third-order valence-electron chi connectivity index (χ3n) is 2.33. The van der Waals surface area contributed by atoms with Crippen molar-refractivity contribution in [2.45, 2.75) is 25.3 Å². The highest BCUT2D eigenvalue weighted by atomic mass is 14.9. The molecule has 3 heteroatoms. The summed E-state index contributed by atoms with van der Waals surface area (Å²) >= 11 is 0. The largest absolute Gasteiger partial charge is 0.353 e. The van der Waals surface area contributed by atoms with Crippen molar-refractivity contribution in [2.24, 2.45) is 18.5 Å². The first kappa shape index (κ1) is 10.3. The van der Waals surface area contributed by atoms with E-state index in [9.17, 15) is 0 Å². The molecule has 0 aromatic carbocycles. The van der Waals surface area contributed by atoms with Crippen LogP contribution in [-0.2, 0) is 7.05 Å². The van der Waals surface area contributed by atoms with E-state index < -0.39 is 0 Å². The maximum absolute atomic E-state index is 6.02. The van der Waals surface area contributed by atoms with Crippen molar-refractivity contribution in [3.05, 3.63) is 24.0 Å². The lowest BCUT2D eigenvalue weighted by Crippen LogP contribution is -2.14. The van der Waals surface area contributed by atoms with E-state index in [1.807, 2.05) is 19.3 Å². The first-order valence-electron chi connectivity index (χ1n) is 4.82. The minimum absolute atomic E-state index is 0.159. The Morgan fingerprint density at radius 3 is 2.77 bits per heavy atom. The van der Waals surface area contributed by atoms with Gasteiger partial charge in [0.2, 0.25) is 0 Å². The molecule has 1 aromatic rings. The highest BCUT2D eigenvalue weighted by Gasteiger charge is 2.07. The number of unbranched alkanes of at least 4 members (excludes halogenated alkanes) is 1. The Balaban J connectivity index is 2.39. The number of nitrogens with two attached hydrogens (primary N) is 2. The van der Waals surface area contributed by atoms with Crippen LogP contribution >= 0.6 is 0 Å². The zero-order valence-electron chi connectivity index (χ0n) is 8.24. The van der Waals surface area contributed by atoms with Crippen molar-refractivity contribution in [1.29, 1.82) is 0 Å². The molecule has 0 bridgehead atoms. The summed E-state index contributed by atoms with van der Waals surface area (Å²) in [5.74, 6) is 0. The predicted octanol–water partition coefficient (Wildman–Crippen LogP) is 1.15. The van der Waals surface area contributed by atoms with E-state index in [2.05, 4.69) is 10.6 Å². The van der Waals surface area contributed by atoms with Crippen LogP contribution < -0.4 is 11.5 Å². The molecular formula is C10H19N3. The second kappa shape index (κ2) is 5.04. The van der Waals surface area contributed by atoms with Crippen molar-refractivity contribution in [3.63, 3.8) is 0 Å². The van der Waals surface area contributed by atoms with Gasteiger partial charge >= 0.3 is 0 Å². The van der Waals surface area contributed by atoms with Crippen LogP contribution in [0.15, 0.2) is 18.3 Å². The average molecular weight is 181 g/mol. The molecule has 0 aliphatic heterocycles. The Morgan fingerprint density at radius 2 is 2.23 bits per heavy atom. The van der Waals surface area contributed by atoms with Crippen LogP contribution in [0.3, 0.4) is 0 Å². The molecule has 0 spiro atoms. The van der Waals surface area contributed by atoms with Gasteiger partial charge < -0.3 is 16.0 Å². The second-order valence-electron chi connectivity index (χ2n) is 3.43. The van der Waals surface area contributed by atoms with E-state index in [0.29, 0.717) is 0 Å². The van der Waals surface area contributed by atoms with E-state index in [0.717, 1.165) is 25.8 Å². The fraction of sp³-hybridized carbons (Fsp3) is 0.600. The average Bonchev–Trinajstić information content (AvgIpc) is 2.52. The third-order valence-corrected chi connectivity index (χ3v) is 2.33. The monoisotopic (exact) mass is 181 g/mol. The molecule has 0 fully saturated rings. The fourth-order valence-corrected chi connectivity index (χ4v) is 1.52. The molecule has 0 radical (unpaired) electrons. The summed E-state index contributed by atoms with van der Waals surface area (Å²) in [7, 11) is 2.03. The van der Waals surface area contributed by atoms with Gasteiger partial charge in [-0.25, -0.2) is 0 Å². The topological polar surface area (TPSA) is 57.0 Å². The second-order valence-corrected chi connectivity index (χ2v) is 3.43. The quantitative estimate of drug-likeness (QED) is 0.670. The van der Waals surface area contributed by atoms with Gasteiger partial charge in [0.05, 0.1) is 0 Å². The normalized spacial score (nSPS) is 13.2. The predicted molar refractivity (Wildman–Crippen MR) is 55.2 cm³/mol. The van der Waals surface area contributed by atoms with Gasteiger partial charge in [-0.15, -0.1) is 0 Å². The molecular weight excluding hydrogens is 162 g/mol. The number of hydrogen-bond donors (Lipinski definition) is 2. The van der Waals surface area contributed by atoms with Gasteiger partial charge in [-0.1, -0.05) is 6.42 Å². The first-order valence-corrected chi connectivity index (χ1v) is 4.82. The summed E-state index contributed by atoms with van der Waals surface area (Å²) in [6, 6.07) is 4.26.